The number of amides is 3. The number of carboxylic acids is 4. The molecule has 133 heavy (non-hydrogen) atoms. The number of aromatic nitrogens is 3. The van der Waals surface area contributed by atoms with Crippen molar-refractivity contribution in [3.63, 3.8) is 0 Å². The number of rotatable bonds is 29. The SMILES string of the molecule is COc1ccccc1[C@H](CN1C(=O)C2(CC(C(=O)O)C2)C(=O)c2c1sc(-c1ncco1)c2C)OC1CCOCC1.COc1ccccc1[C@H](CN1C(=O)C2(CC(C(=O)OCC(=O)O)C2)C(=O)c2c1sc(-c1ncco1)c2C)OC1CCOCC1.COc1ccccc1[C@H](CN1C(=O)C2(CC(C(=O)OCC(=O)O)C2)C(=O)c2c1sc(-c1ncco1)c2C)OC1CCOCC1.O=C(O)CO. The first kappa shape index (κ1) is 95.4. The van der Waals surface area contributed by atoms with Gasteiger partial charge in [-0.1, -0.05) is 54.6 Å². The van der Waals surface area contributed by atoms with E-state index in [-0.39, 0.29) is 93.8 Å². The number of aliphatic hydroxyl groups excluding tert-OH is 1. The molecule has 3 atom stereocenters. The topological polar surface area (TPSA) is 495 Å². The molecule has 6 aliphatic heterocycles. The molecule has 6 aromatic heterocycles. The van der Waals surface area contributed by atoms with Crippen molar-refractivity contribution < 1.29 is 148 Å². The summed E-state index contributed by atoms with van der Waals surface area (Å²) in [5, 5.41) is 43.9. The average molecular weight is 1890 g/mol. The van der Waals surface area contributed by atoms with E-state index < -0.39 is 126 Å². The van der Waals surface area contributed by atoms with Crippen molar-refractivity contribution in [3.05, 3.63) is 160 Å². The molecule has 18 rings (SSSR count). The van der Waals surface area contributed by atoms with E-state index in [9.17, 15) is 57.8 Å². The number of methoxy groups -OCH3 is 3. The minimum absolute atomic E-state index is 0.0281. The Kier molecular flexibility index (Phi) is 29.5. The summed E-state index contributed by atoms with van der Waals surface area (Å²) in [6, 6.07) is 22.5. The predicted molar refractivity (Wildman–Crippen MR) is 471 cm³/mol. The van der Waals surface area contributed by atoms with Crippen molar-refractivity contribution in [2.45, 2.75) is 134 Å². The lowest BCUT2D eigenvalue weighted by Gasteiger charge is -2.49. The molecular formula is C93H98N6O31S3. The monoisotopic (exact) mass is 1890 g/mol. The molecule has 3 amide bonds. The number of benzene rings is 3. The Morgan fingerprint density at radius 3 is 0.932 bits per heavy atom. The zero-order chi connectivity index (χ0) is 94.3. The fourth-order valence-corrected chi connectivity index (χ4v) is 22.3. The van der Waals surface area contributed by atoms with Crippen molar-refractivity contribution in [3.8, 4) is 49.6 Å². The van der Waals surface area contributed by atoms with E-state index in [1.807, 2.05) is 79.7 Å². The first-order valence-corrected chi connectivity index (χ1v) is 45.6. The average Bonchev–Trinajstić information content (AvgIpc) is 1.70. The van der Waals surface area contributed by atoms with Crippen LogP contribution in [0.4, 0.5) is 15.0 Å². The quantitative estimate of drug-likeness (QED) is 0.0215. The highest BCUT2D eigenvalue weighted by Crippen LogP contribution is 2.62. The van der Waals surface area contributed by atoms with Crippen LogP contribution in [-0.2, 0) is 81.0 Å². The molecule has 3 saturated heterocycles. The highest BCUT2D eigenvalue weighted by atomic mass is 32.1. The molecule has 0 radical (unpaired) electrons. The Morgan fingerprint density at radius 1 is 0.421 bits per heavy atom. The fourth-order valence-electron chi connectivity index (χ4n) is 18.5. The number of aliphatic hydroxyl groups is 1. The van der Waals surface area contributed by atoms with Gasteiger partial charge in [-0.15, -0.1) is 34.0 Å². The number of fused-ring (bicyclic) bond motifs is 3. The molecule has 5 N–H and O–H groups in total. The molecule has 9 aromatic rings. The van der Waals surface area contributed by atoms with Crippen LogP contribution in [0, 0.1) is 54.8 Å². The van der Waals surface area contributed by atoms with Gasteiger partial charge >= 0.3 is 35.8 Å². The maximum Gasteiger partial charge on any atom is 0.341 e. The summed E-state index contributed by atoms with van der Waals surface area (Å²) in [6.07, 6.45) is 10.7. The Balaban J connectivity index is 0.000000148. The van der Waals surface area contributed by atoms with E-state index in [0.29, 0.717) is 163 Å². The largest absolute Gasteiger partial charge is 0.496 e. The van der Waals surface area contributed by atoms with Gasteiger partial charge in [0, 0.05) is 56.3 Å². The van der Waals surface area contributed by atoms with E-state index in [1.165, 1.54) is 71.4 Å². The normalized spacial score (nSPS) is 22.2. The Morgan fingerprint density at radius 2 is 0.692 bits per heavy atom. The molecule has 3 aromatic carbocycles. The number of carboxylic acid groups (broad SMARTS) is 4. The Labute approximate surface area is 772 Å². The fraction of sp³-hybridized carbons (Fsp3) is 0.452. The second-order valence-electron chi connectivity index (χ2n) is 33.4. The lowest BCUT2D eigenvalue weighted by atomic mass is 9.56. The number of anilines is 3. The second-order valence-corrected chi connectivity index (χ2v) is 36.4. The van der Waals surface area contributed by atoms with Gasteiger partial charge in [-0.25, -0.2) is 29.3 Å². The van der Waals surface area contributed by atoms with Crippen LogP contribution < -0.4 is 28.9 Å². The summed E-state index contributed by atoms with van der Waals surface area (Å²) in [4.78, 5) is 173. The number of carbonyl (C=O) groups is 12. The van der Waals surface area contributed by atoms with Crippen LogP contribution in [-0.4, -0.2) is 230 Å². The molecule has 6 fully saturated rings. The number of esters is 2. The van der Waals surface area contributed by atoms with E-state index in [2.05, 4.69) is 15.0 Å². The van der Waals surface area contributed by atoms with Gasteiger partial charge in [0.05, 0.1) is 127 Å². The summed E-state index contributed by atoms with van der Waals surface area (Å²) < 4.78 is 80.0. The molecule has 12 heterocycles. The summed E-state index contributed by atoms with van der Waals surface area (Å²) in [6.45, 7) is 6.79. The highest BCUT2D eigenvalue weighted by Gasteiger charge is 2.67. The number of Topliss-reactive ketones (excluding diaryl/α,β-unsaturated/α-hetero) is 3. The second kappa shape index (κ2) is 41.1. The number of carbonyl (C=O) groups excluding carboxylic acids is 8. The van der Waals surface area contributed by atoms with E-state index in [1.54, 1.807) is 49.9 Å². The molecule has 704 valence electrons. The van der Waals surface area contributed by atoms with Crippen LogP contribution in [0.3, 0.4) is 0 Å². The Bertz CT molecular complexity index is 5570. The minimum Gasteiger partial charge on any atom is -0.496 e. The van der Waals surface area contributed by atoms with Gasteiger partial charge in [-0.2, -0.15) is 0 Å². The number of para-hydroxylation sites is 3. The van der Waals surface area contributed by atoms with Crippen LogP contribution in [0.2, 0.25) is 0 Å². The van der Waals surface area contributed by atoms with E-state index >= 15 is 0 Å². The van der Waals surface area contributed by atoms with Gasteiger partial charge in [0.1, 0.15) is 92.2 Å². The number of nitrogens with zero attached hydrogens (tertiary/aromatic N) is 6. The first-order valence-electron chi connectivity index (χ1n) is 43.2. The molecule has 9 aliphatic rings. The number of aliphatic carboxylic acids is 4. The maximum absolute atomic E-state index is 14.5. The number of hydrogen-bond acceptors (Lipinski definition) is 33. The number of oxazole rings is 3. The molecule has 0 bridgehead atoms. The third-order valence-corrected chi connectivity index (χ3v) is 29.3. The molecule has 37 nitrogen and oxygen atoms in total. The van der Waals surface area contributed by atoms with Crippen molar-refractivity contribution in [1.82, 2.24) is 15.0 Å². The van der Waals surface area contributed by atoms with Crippen LogP contribution in [0.15, 0.2) is 123 Å². The Hall–Kier alpha value is -12.3. The maximum atomic E-state index is 14.5. The lowest BCUT2D eigenvalue weighted by Crippen LogP contribution is -2.60. The summed E-state index contributed by atoms with van der Waals surface area (Å²) in [7, 11) is 4.74. The highest BCUT2D eigenvalue weighted by molar-refractivity contribution is 7.21. The number of thiophene rings is 3. The van der Waals surface area contributed by atoms with Crippen molar-refractivity contribution in [2.24, 2.45) is 34.0 Å². The standard InChI is InChI=1S/2C31H32N2O10S.C29H30N2O8S.C2H4O3/c2*1-17-24-26(36)31(13-18(14-31)29(37)42-16-23(34)35)30(38)33(28(24)44-25(17)27-32-9-12-41-27)15-22(43-19-7-10-40-11-8-19)20-5-3-4-6-21(20)39-2;1-16-22-24(32)29(13-17(14-29)27(33)34)28(35)31(26(22)40-23(16)25-30-9-12-38-25)15-21(39-18-7-10-37-11-8-18)19-5-3-4-6-20(19)36-2;3-1-2(4)5/h2*3-6,9,12,18-19,22H,7-8,10-11,13-16H2,1-2H3,(H,34,35);3-6,9,12,17-18,21H,7-8,10-11,13-15H2,1-2H3,(H,33,34);3H,1H2,(H,4,5)/t2*18?,22-,31?;17?,21-,29?;/m000./s1. The van der Waals surface area contributed by atoms with Crippen LogP contribution in [0.1, 0.15) is 160 Å². The first-order chi connectivity index (χ1) is 64.1. The molecule has 0 unspecified atom stereocenters. The summed E-state index contributed by atoms with van der Waals surface area (Å²) in [5.41, 5.74) is 1.00. The van der Waals surface area contributed by atoms with Crippen LogP contribution >= 0.6 is 34.0 Å². The predicted octanol–water partition coefficient (Wildman–Crippen LogP) is 12.2. The molecule has 3 spiro atoms. The van der Waals surface area contributed by atoms with Crippen molar-refractivity contribution in [2.75, 3.05) is 115 Å². The molecular weight excluding hydrogens is 1790 g/mol. The van der Waals surface area contributed by atoms with Gasteiger partial charge in [-0.3, -0.25) is 57.9 Å². The number of ether oxygens (including phenoxy) is 11. The van der Waals surface area contributed by atoms with Crippen molar-refractivity contribution in [1.29, 1.82) is 0 Å². The van der Waals surface area contributed by atoms with Gasteiger partial charge in [0.25, 0.3) is 0 Å². The van der Waals surface area contributed by atoms with Crippen LogP contribution in [0.5, 0.6) is 17.2 Å². The van der Waals surface area contributed by atoms with Gasteiger partial charge in [-0.05, 0) is 133 Å². The smallest absolute Gasteiger partial charge is 0.341 e. The zero-order valence-corrected chi connectivity index (χ0v) is 75.8. The molecule has 40 heteroatoms. The van der Waals surface area contributed by atoms with Crippen molar-refractivity contribution >= 4 is 120 Å². The van der Waals surface area contributed by atoms with Gasteiger partial charge in [0.2, 0.25) is 35.4 Å². The van der Waals surface area contributed by atoms with Gasteiger partial charge < -0.3 is 90.9 Å². The lowest BCUT2D eigenvalue weighted by molar-refractivity contribution is -0.164. The number of hydrogen-bond donors (Lipinski definition) is 5. The molecule has 3 aliphatic carbocycles. The third kappa shape index (κ3) is 19.2. The molecule has 3 saturated carbocycles. The zero-order valence-electron chi connectivity index (χ0n) is 73.3. The summed E-state index contributed by atoms with van der Waals surface area (Å²) in [5.74, 6) is -8.01. The number of ketones is 3. The minimum atomic E-state index is -1.50. The van der Waals surface area contributed by atoms with E-state index in [0.717, 1.165) is 29.5 Å². The summed E-state index contributed by atoms with van der Waals surface area (Å²) >= 11 is 3.77. The van der Waals surface area contributed by atoms with Crippen LogP contribution in [0.25, 0.3) is 32.3 Å². The van der Waals surface area contributed by atoms with Gasteiger partial charge in [0.15, 0.2) is 30.6 Å². The van der Waals surface area contributed by atoms with E-state index in [4.69, 9.17) is 90.6 Å². The third-order valence-electron chi connectivity index (χ3n) is 25.4.